The highest BCUT2D eigenvalue weighted by Crippen LogP contribution is 2.49. The monoisotopic (exact) mass is 498 g/mol. The normalized spacial score (nSPS) is 15.4. The lowest BCUT2D eigenvalue weighted by molar-refractivity contribution is 0.910. The summed E-state index contributed by atoms with van der Waals surface area (Å²) in [6.07, 6.45) is 8.78. The third-order valence-corrected chi connectivity index (χ3v) is 8.00. The van der Waals surface area contributed by atoms with Gasteiger partial charge in [0.15, 0.2) is 0 Å². The number of nitrogens with one attached hydrogen (secondary N) is 1. The number of fused-ring (bicyclic) bond motifs is 8. The molecule has 0 saturated carbocycles. The Hall–Kier alpha value is -5.08. The maximum absolute atomic E-state index is 3.79. The second-order valence-corrected chi connectivity index (χ2v) is 10.3. The van der Waals surface area contributed by atoms with Crippen LogP contribution in [0.15, 0.2) is 146 Å². The van der Waals surface area contributed by atoms with Crippen molar-refractivity contribution in [3.8, 4) is 33.4 Å². The van der Waals surface area contributed by atoms with Crippen LogP contribution < -0.4 is 10.2 Å². The van der Waals surface area contributed by atoms with Crippen LogP contribution in [0.2, 0.25) is 0 Å². The van der Waals surface area contributed by atoms with E-state index in [9.17, 15) is 0 Å². The minimum Gasteiger partial charge on any atom is -0.359 e. The molecule has 2 aliphatic rings. The van der Waals surface area contributed by atoms with Crippen molar-refractivity contribution in [3.63, 3.8) is 0 Å². The van der Waals surface area contributed by atoms with Crippen molar-refractivity contribution < 1.29 is 0 Å². The molecule has 8 rings (SSSR count). The first-order valence-electron chi connectivity index (χ1n) is 13.5. The Balaban J connectivity index is 1.38. The molecule has 0 saturated heterocycles. The molecule has 6 aromatic rings. The van der Waals surface area contributed by atoms with Crippen LogP contribution in [0.3, 0.4) is 0 Å². The van der Waals surface area contributed by atoms with Crippen molar-refractivity contribution in [2.45, 2.75) is 6.17 Å². The molecule has 0 radical (unpaired) electrons. The number of hydrogen-bond donors (Lipinski definition) is 1. The molecule has 6 aromatic carbocycles. The quantitative estimate of drug-likeness (QED) is 0.244. The molecular weight excluding hydrogens is 472 g/mol. The summed E-state index contributed by atoms with van der Waals surface area (Å²) in [7, 11) is 0. The van der Waals surface area contributed by atoms with Gasteiger partial charge in [-0.1, -0.05) is 109 Å². The molecule has 184 valence electrons. The maximum atomic E-state index is 3.79. The van der Waals surface area contributed by atoms with Crippen LogP contribution in [0.5, 0.6) is 0 Å². The summed E-state index contributed by atoms with van der Waals surface area (Å²) in [5, 5.41) is 8.85. The predicted octanol–water partition coefficient (Wildman–Crippen LogP) is 9.64. The molecule has 1 N–H and O–H groups in total. The van der Waals surface area contributed by atoms with E-state index in [0.717, 1.165) is 0 Å². The molecule has 0 fully saturated rings. The van der Waals surface area contributed by atoms with Crippen LogP contribution in [0.25, 0.3) is 54.9 Å². The average molecular weight is 499 g/mol. The number of benzene rings is 6. The number of rotatable bonds is 3. The van der Waals surface area contributed by atoms with E-state index in [1.165, 1.54) is 66.3 Å². The van der Waals surface area contributed by atoms with Crippen LogP contribution >= 0.6 is 0 Å². The van der Waals surface area contributed by atoms with Crippen LogP contribution in [0.1, 0.15) is 0 Å². The minimum absolute atomic E-state index is 0.134. The van der Waals surface area contributed by atoms with E-state index < -0.39 is 0 Å². The zero-order chi connectivity index (χ0) is 25.8. The van der Waals surface area contributed by atoms with Gasteiger partial charge in [0.25, 0.3) is 0 Å². The van der Waals surface area contributed by atoms with Crippen molar-refractivity contribution >= 4 is 32.9 Å². The van der Waals surface area contributed by atoms with Crippen molar-refractivity contribution in [2.24, 2.45) is 0 Å². The fourth-order valence-corrected chi connectivity index (χ4v) is 6.11. The number of allylic oxidation sites excluding steroid dienone is 2. The van der Waals surface area contributed by atoms with Gasteiger partial charge in [-0.05, 0) is 74.5 Å². The third-order valence-electron chi connectivity index (χ3n) is 8.00. The molecule has 1 atom stereocenters. The highest BCUT2D eigenvalue weighted by molar-refractivity contribution is 6.23. The van der Waals surface area contributed by atoms with Crippen molar-refractivity contribution in [1.82, 2.24) is 0 Å². The van der Waals surface area contributed by atoms with Gasteiger partial charge >= 0.3 is 0 Å². The molecule has 2 heterocycles. The molecule has 0 aliphatic carbocycles. The fraction of sp³-hybridized carbons (Fsp3) is 0.0270. The summed E-state index contributed by atoms with van der Waals surface area (Å²) in [6, 6.07) is 44.0. The lowest BCUT2D eigenvalue weighted by Gasteiger charge is -2.23. The maximum Gasteiger partial charge on any atom is 0.123 e. The van der Waals surface area contributed by atoms with E-state index in [-0.39, 0.29) is 6.17 Å². The fourth-order valence-electron chi connectivity index (χ4n) is 6.11. The van der Waals surface area contributed by atoms with Gasteiger partial charge in [-0.25, -0.2) is 0 Å². The van der Waals surface area contributed by atoms with Gasteiger partial charge in [0.2, 0.25) is 0 Å². The molecule has 0 bridgehead atoms. The summed E-state index contributed by atoms with van der Waals surface area (Å²) in [5.74, 6) is 0. The summed E-state index contributed by atoms with van der Waals surface area (Å²) in [5.41, 5.74) is 9.84. The van der Waals surface area contributed by atoms with Crippen LogP contribution in [-0.4, -0.2) is 6.17 Å². The zero-order valence-corrected chi connectivity index (χ0v) is 21.4. The number of nitrogens with zero attached hydrogens (tertiary/aromatic N) is 1. The van der Waals surface area contributed by atoms with Gasteiger partial charge in [-0.2, -0.15) is 0 Å². The lowest BCUT2D eigenvalue weighted by Crippen LogP contribution is -2.30. The largest absolute Gasteiger partial charge is 0.359 e. The first-order valence-corrected chi connectivity index (χ1v) is 13.5. The topological polar surface area (TPSA) is 15.3 Å². The first kappa shape index (κ1) is 22.0. The van der Waals surface area contributed by atoms with E-state index in [1.54, 1.807) is 0 Å². The van der Waals surface area contributed by atoms with Gasteiger partial charge in [0, 0.05) is 17.0 Å². The van der Waals surface area contributed by atoms with Crippen LogP contribution in [0, 0.1) is 0 Å². The average Bonchev–Trinajstić information content (AvgIpc) is 3.42. The Labute approximate surface area is 228 Å². The third kappa shape index (κ3) is 3.57. The summed E-state index contributed by atoms with van der Waals surface area (Å²) in [6.45, 7) is 0. The molecule has 2 nitrogen and oxygen atoms in total. The Morgan fingerprint density at radius 1 is 0.462 bits per heavy atom. The van der Waals surface area contributed by atoms with E-state index in [1.807, 2.05) is 0 Å². The van der Waals surface area contributed by atoms with Crippen molar-refractivity contribution in [1.29, 1.82) is 0 Å². The molecule has 0 spiro atoms. The Bertz CT molecular complexity index is 1930. The second kappa shape index (κ2) is 8.75. The smallest absolute Gasteiger partial charge is 0.123 e. The number of anilines is 2. The van der Waals surface area contributed by atoms with E-state index in [4.69, 9.17) is 0 Å². The Morgan fingerprint density at radius 3 is 1.74 bits per heavy atom. The van der Waals surface area contributed by atoms with Gasteiger partial charge in [-0.3, -0.25) is 0 Å². The van der Waals surface area contributed by atoms with Gasteiger partial charge < -0.3 is 10.2 Å². The Morgan fingerprint density at radius 2 is 1.03 bits per heavy atom. The van der Waals surface area contributed by atoms with Crippen molar-refractivity contribution in [3.05, 3.63) is 146 Å². The highest BCUT2D eigenvalue weighted by atomic mass is 15.3. The molecule has 0 aromatic heterocycles. The zero-order valence-electron chi connectivity index (χ0n) is 21.4. The SMILES string of the molecule is C1=CC2Nc3c(c4ccc(-c5cccc(-c6ccccc6)c5)cc4c4cc(-c5ccccc5)ccc34)N2C=C1. The highest BCUT2D eigenvalue weighted by Gasteiger charge is 2.30. The van der Waals surface area contributed by atoms with E-state index in [2.05, 4.69) is 156 Å². The number of hydrogen-bond acceptors (Lipinski definition) is 2. The van der Waals surface area contributed by atoms with Gasteiger partial charge in [0.05, 0.1) is 11.4 Å². The summed E-state index contributed by atoms with van der Waals surface area (Å²) < 4.78 is 0. The Kier molecular flexibility index (Phi) is 4.92. The standard InChI is InChI=1S/C37H26N2/c1-3-10-25(11-4-1)27-14-9-15-28(22-27)30-18-20-32-34(24-30)33-23-29(26-12-5-2-6-13-26)17-19-31(33)36-37(32)39-21-8-7-16-35(39)38-36/h1-24,35,38H. The molecule has 0 amide bonds. The minimum atomic E-state index is 0.134. The lowest BCUT2D eigenvalue weighted by atomic mass is 9.92. The predicted molar refractivity (Wildman–Crippen MR) is 166 cm³/mol. The molecule has 2 heteroatoms. The summed E-state index contributed by atoms with van der Waals surface area (Å²) >= 11 is 0. The second-order valence-electron chi connectivity index (χ2n) is 10.3. The molecular formula is C37H26N2. The molecule has 2 aliphatic heterocycles. The first-order chi connectivity index (χ1) is 19.3. The van der Waals surface area contributed by atoms with E-state index in [0.29, 0.717) is 0 Å². The molecule has 39 heavy (non-hydrogen) atoms. The van der Waals surface area contributed by atoms with Gasteiger partial charge in [-0.15, -0.1) is 0 Å². The van der Waals surface area contributed by atoms with Crippen LogP contribution in [0.4, 0.5) is 11.4 Å². The summed E-state index contributed by atoms with van der Waals surface area (Å²) in [4.78, 5) is 2.36. The van der Waals surface area contributed by atoms with Crippen LogP contribution in [-0.2, 0) is 0 Å². The van der Waals surface area contributed by atoms with Crippen molar-refractivity contribution in [2.75, 3.05) is 10.2 Å². The van der Waals surface area contributed by atoms with E-state index >= 15 is 0 Å². The molecule has 1 unspecified atom stereocenters. The van der Waals surface area contributed by atoms with Gasteiger partial charge in [0.1, 0.15) is 6.17 Å².